The highest BCUT2D eigenvalue weighted by molar-refractivity contribution is 6.24. The summed E-state index contributed by atoms with van der Waals surface area (Å²) < 4.78 is 10.9. The molecule has 0 unspecified atom stereocenters. The van der Waals surface area contributed by atoms with E-state index in [9.17, 15) is 5.26 Å². The van der Waals surface area contributed by atoms with Crippen LogP contribution in [-0.4, -0.2) is 14.1 Å². The molecule has 218 valence electrons. The third kappa shape index (κ3) is 3.67. The van der Waals surface area contributed by atoms with E-state index in [4.69, 9.17) is 4.42 Å². The summed E-state index contributed by atoms with van der Waals surface area (Å²) in [6.07, 6.45) is 3.79. The first-order valence-corrected chi connectivity index (χ1v) is 15.6. The summed E-state index contributed by atoms with van der Waals surface area (Å²) in [5.41, 5.74) is 10.6. The molecule has 4 aromatic heterocycles. The average Bonchev–Trinajstić information content (AvgIpc) is 3.79. The predicted molar refractivity (Wildman–Crippen MR) is 190 cm³/mol. The second kappa shape index (κ2) is 9.68. The largest absolute Gasteiger partial charge is 0.456 e. The molecule has 0 radical (unpaired) electrons. The number of para-hydroxylation sites is 3. The van der Waals surface area contributed by atoms with Crippen molar-refractivity contribution >= 4 is 65.6 Å². The van der Waals surface area contributed by atoms with Crippen molar-refractivity contribution in [2.75, 3.05) is 0 Å². The van der Waals surface area contributed by atoms with Gasteiger partial charge >= 0.3 is 0 Å². The molecule has 0 amide bonds. The molecule has 0 atom stereocenters. The van der Waals surface area contributed by atoms with Crippen molar-refractivity contribution < 1.29 is 4.42 Å². The van der Waals surface area contributed by atoms with Crippen molar-refractivity contribution in [2.45, 2.75) is 0 Å². The van der Waals surface area contributed by atoms with E-state index in [0.29, 0.717) is 5.56 Å². The molecular weight excluding hydrogens is 576 g/mol. The Morgan fingerprint density at radius 3 is 2.06 bits per heavy atom. The van der Waals surface area contributed by atoms with Gasteiger partial charge in [0.05, 0.1) is 45.3 Å². The first-order valence-electron chi connectivity index (χ1n) is 15.6. The van der Waals surface area contributed by atoms with Gasteiger partial charge in [-0.25, -0.2) is 0 Å². The van der Waals surface area contributed by atoms with E-state index in [1.165, 1.54) is 10.8 Å². The van der Waals surface area contributed by atoms with E-state index in [2.05, 4.69) is 129 Å². The number of nitrogens with zero attached hydrogens (tertiary/aromatic N) is 4. The third-order valence-electron chi connectivity index (χ3n) is 9.39. The van der Waals surface area contributed by atoms with Gasteiger partial charge in [0.1, 0.15) is 11.2 Å². The summed E-state index contributed by atoms with van der Waals surface area (Å²) >= 11 is 0. The Kier molecular flexibility index (Phi) is 5.28. The molecule has 0 N–H and O–H groups in total. The molecule has 0 aliphatic rings. The van der Waals surface area contributed by atoms with Crippen LogP contribution in [-0.2, 0) is 0 Å². The SMILES string of the molecule is N#Cc1cc(-c2cccc(-n3c4cnccc4c4ccc5oc6ccccc6c5c43)c2)cc(-n2c3ccccc3c3ccccc32)c1. The fourth-order valence-electron chi connectivity index (χ4n) is 7.43. The van der Waals surface area contributed by atoms with E-state index < -0.39 is 0 Å². The van der Waals surface area contributed by atoms with Crippen LogP contribution >= 0.6 is 0 Å². The van der Waals surface area contributed by atoms with Crippen LogP contribution in [0.3, 0.4) is 0 Å². The number of nitriles is 1. The summed E-state index contributed by atoms with van der Waals surface area (Å²) in [5, 5.41) is 17.0. The number of furan rings is 1. The Bertz CT molecular complexity index is 2880. The van der Waals surface area contributed by atoms with Gasteiger partial charge < -0.3 is 13.6 Å². The molecule has 10 rings (SSSR count). The topological polar surface area (TPSA) is 59.7 Å². The van der Waals surface area contributed by atoms with Gasteiger partial charge in [-0.15, -0.1) is 0 Å². The monoisotopic (exact) mass is 600 g/mol. The molecule has 0 fully saturated rings. The van der Waals surface area contributed by atoms with Gasteiger partial charge in [-0.2, -0.15) is 5.26 Å². The number of aromatic nitrogens is 3. The molecule has 5 heteroatoms. The summed E-state index contributed by atoms with van der Waals surface area (Å²) in [4.78, 5) is 4.53. The number of pyridine rings is 1. The Labute approximate surface area is 268 Å². The van der Waals surface area contributed by atoms with Gasteiger partial charge in [-0.3, -0.25) is 4.98 Å². The number of benzene rings is 6. The first kappa shape index (κ1) is 25.7. The number of fused-ring (bicyclic) bond motifs is 10. The smallest absolute Gasteiger partial charge is 0.137 e. The van der Waals surface area contributed by atoms with E-state index in [-0.39, 0.29) is 0 Å². The molecule has 0 aliphatic carbocycles. The molecule has 47 heavy (non-hydrogen) atoms. The second-order valence-electron chi connectivity index (χ2n) is 12.0. The fourth-order valence-corrected chi connectivity index (χ4v) is 7.43. The lowest BCUT2D eigenvalue weighted by Gasteiger charge is -2.13. The lowest BCUT2D eigenvalue weighted by molar-refractivity contribution is 0.669. The van der Waals surface area contributed by atoms with Crippen LogP contribution in [0.5, 0.6) is 0 Å². The lowest BCUT2D eigenvalue weighted by Crippen LogP contribution is -1.97. The molecule has 0 spiro atoms. The highest BCUT2D eigenvalue weighted by Gasteiger charge is 2.20. The number of hydrogen-bond donors (Lipinski definition) is 0. The normalized spacial score (nSPS) is 11.8. The Hall–Kier alpha value is -6.64. The zero-order valence-electron chi connectivity index (χ0n) is 25.1. The number of rotatable bonds is 3. The highest BCUT2D eigenvalue weighted by atomic mass is 16.3. The molecule has 6 aromatic carbocycles. The van der Waals surface area contributed by atoms with Gasteiger partial charge in [0.2, 0.25) is 0 Å². The van der Waals surface area contributed by atoms with Crippen molar-refractivity contribution in [3.63, 3.8) is 0 Å². The predicted octanol–water partition coefficient (Wildman–Crippen LogP) is 10.7. The Balaban J connectivity index is 1.23. The molecular formula is C42H24N4O. The summed E-state index contributed by atoms with van der Waals surface area (Å²) in [6.45, 7) is 0. The summed E-state index contributed by atoms with van der Waals surface area (Å²) in [5.74, 6) is 0. The minimum Gasteiger partial charge on any atom is -0.456 e. The summed E-state index contributed by atoms with van der Waals surface area (Å²) in [7, 11) is 0. The van der Waals surface area contributed by atoms with E-state index >= 15 is 0 Å². The van der Waals surface area contributed by atoms with Crippen molar-refractivity contribution in [1.82, 2.24) is 14.1 Å². The minimum absolute atomic E-state index is 0.609. The van der Waals surface area contributed by atoms with Crippen LogP contribution in [0.4, 0.5) is 0 Å². The molecule has 0 saturated carbocycles. The van der Waals surface area contributed by atoms with Crippen LogP contribution in [0.2, 0.25) is 0 Å². The maximum Gasteiger partial charge on any atom is 0.137 e. The standard InChI is InChI=1S/C42H24N4O/c43-24-26-20-28(23-30(21-26)45-36-13-4-1-10-31(36)32-11-2-5-14-37(32)45)27-8-7-9-29(22-27)46-38-25-44-19-18-33(38)34-16-17-40-41(42(34)46)35-12-3-6-15-39(35)47-40/h1-23,25H. The van der Waals surface area contributed by atoms with Crippen molar-refractivity contribution in [1.29, 1.82) is 5.26 Å². The molecule has 0 aliphatic heterocycles. The fraction of sp³-hybridized carbons (Fsp3) is 0. The zero-order valence-corrected chi connectivity index (χ0v) is 25.1. The molecule has 0 saturated heterocycles. The minimum atomic E-state index is 0.609. The molecule has 4 heterocycles. The maximum absolute atomic E-state index is 10.2. The first-order chi connectivity index (χ1) is 23.3. The van der Waals surface area contributed by atoms with E-state index in [1.54, 1.807) is 0 Å². The van der Waals surface area contributed by atoms with Gasteiger partial charge in [0, 0.05) is 44.5 Å². The van der Waals surface area contributed by atoms with Gasteiger partial charge in [0.15, 0.2) is 0 Å². The van der Waals surface area contributed by atoms with Gasteiger partial charge in [-0.1, -0.05) is 66.7 Å². The zero-order chi connectivity index (χ0) is 31.1. The lowest BCUT2D eigenvalue weighted by atomic mass is 10.0. The second-order valence-corrected chi connectivity index (χ2v) is 12.0. The Morgan fingerprint density at radius 2 is 1.26 bits per heavy atom. The van der Waals surface area contributed by atoms with Gasteiger partial charge in [0.25, 0.3) is 0 Å². The van der Waals surface area contributed by atoms with Crippen molar-refractivity contribution in [3.8, 4) is 28.6 Å². The van der Waals surface area contributed by atoms with Crippen LogP contribution in [0.25, 0.3) is 88.1 Å². The van der Waals surface area contributed by atoms with Gasteiger partial charge in [-0.05, 0) is 77.9 Å². The van der Waals surface area contributed by atoms with E-state index in [1.807, 2.05) is 36.7 Å². The highest BCUT2D eigenvalue weighted by Crippen LogP contribution is 2.41. The van der Waals surface area contributed by atoms with Crippen LogP contribution in [0.15, 0.2) is 150 Å². The third-order valence-corrected chi connectivity index (χ3v) is 9.39. The maximum atomic E-state index is 10.2. The van der Waals surface area contributed by atoms with Crippen LogP contribution in [0.1, 0.15) is 5.56 Å². The summed E-state index contributed by atoms with van der Waals surface area (Å²) in [6, 6.07) is 48.5. The molecule has 10 aromatic rings. The van der Waals surface area contributed by atoms with E-state index in [0.717, 1.165) is 77.3 Å². The average molecular weight is 601 g/mol. The quantitative estimate of drug-likeness (QED) is 0.203. The van der Waals surface area contributed by atoms with Crippen LogP contribution < -0.4 is 0 Å². The van der Waals surface area contributed by atoms with Crippen molar-refractivity contribution in [3.05, 3.63) is 151 Å². The van der Waals surface area contributed by atoms with Crippen LogP contribution in [0, 0.1) is 11.3 Å². The Morgan fingerprint density at radius 1 is 0.532 bits per heavy atom. The van der Waals surface area contributed by atoms with Crippen molar-refractivity contribution in [2.24, 2.45) is 0 Å². The molecule has 5 nitrogen and oxygen atoms in total. The molecule has 0 bridgehead atoms. The number of hydrogen-bond acceptors (Lipinski definition) is 3.